The maximum absolute atomic E-state index is 10.9. The van der Waals surface area contributed by atoms with Gasteiger partial charge in [-0.25, -0.2) is 0 Å². The van der Waals surface area contributed by atoms with Gasteiger partial charge < -0.3 is 15.6 Å². The Bertz CT molecular complexity index is 198. The van der Waals surface area contributed by atoms with Crippen LogP contribution < -0.4 is 5.73 Å². The van der Waals surface area contributed by atoms with Crippen LogP contribution in [0.1, 0.15) is 12.8 Å². The average Bonchev–Trinajstić information content (AvgIpc) is 2.13. The Morgan fingerprint density at radius 1 is 1.79 bits per heavy atom. The summed E-state index contributed by atoms with van der Waals surface area (Å²) in [4.78, 5) is 12.8. The number of hydrogen-bond donors (Lipinski definition) is 2. The van der Waals surface area contributed by atoms with E-state index in [9.17, 15) is 4.79 Å². The molecule has 0 bridgehead atoms. The third-order valence-electron chi connectivity index (χ3n) is 2.54. The van der Waals surface area contributed by atoms with Crippen LogP contribution in [0.15, 0.2) is 0 Å². The van der Waals surface area contributed by atoms with Gasteiger partial charge in [0.2, 0.25) is 0 Å². The minimum Gasteiger partial charge on any atom is -0.480 e. The Kier molecular flexibility index (Phi) is 4.31. The number of ether oxygens (including phenoxy) is 1. The van der Waals surface area contributed by atoms with Crippen molar-refractivity contribution in [2.45, 2.75) is 24.9 Å². The largest absolute Gasteiger partial charge is 0.480 e. The molecule has 5 nitrogen and oxygen atoms in total. The molecule has 5 heteroatoms. The molecular weight excluding hydrogens is 184 g/mol. The zero-order chi connectivity index (χ0) is 10.6. The number of carboxylic acids is 1. The Morgan fingerprint density at radius 3 is 3.00 bits per heavy atom. The average molecular weight is 202 g/mol. The van der Waals surface area contributed by atoms with E-state index in [4.69, 9.17) is 15.6 Å². The lowest BCUT2D eigenvalue weighted by molar-refractivity contribution is -0.145. The molecule has 1 aliphatic rings. The Labute approximate surface area is 83.8 Å². The molecule has 0 spiro atoms. The van der Waals surface area contributed by atoms with Gasteiger partial charge in [0.15, 0.2) is 0 Å². The van der Waals surface area contributed by atoms with Crippen LogP contribution in [-0.2, 0) is 9.53 Å². The van der Waals surface area contributed by atoms with Gasteiger partial charge in [0.1, 0.15) is 6.04 Å². The molecule has 2 atom stereocenters. The van der Waals surface area contributed by atoms with Crippen molar-refractivity contribution in [1.29, 1.82) is 0 Å². The van der Waals surface area contributed by atoms with Gasteiger partial charge in [-0.3, -0.25) is 9.69 Å². The van der Waals surface area contributed by atoms with E-state index in [1.807, 2.05) is 4.90 Å². The summed E-state index contributed by atoms with van der Waals surface area (Å²) in [6.07, 6.45) is 1.95. The summed E-state index contributed by atoms with van der Waals surface area (Å²) in [5.41, 5.74) is 5.78. The lowest BCUT2D eigenvalue weighted by Crippen LogP contribution is -2.52. The molecule has 0 radical (unpaired) electrons. The monoisotopic (exact) mass is 202 g/mol. The van der Waals surface area contributed by atoms with Gasteiger partial charge >= 0.3 is 5.97 Å². The van der Waals surface area contributed by atoms with E-state index in [-0.39, 0.29) is 12.6 Å². The number of hydrogen-bond acceptors (Lipinski definition) is 4. The zero-order valence-corrected chi connectivity index (χ0v) is 8.48. The number of carboxylic acid groups (broad SMARTS) is 1. The fourth-order valence-corrected chi connectivity index (χ4v) is 1.81. The Hall–Kier alpha value is -0.650. The van der Waals surface area contributed by atoms with E-state index in [0.717, 1.165) is 19.4 Å². The van der Waals surface area contributed by atoms with E-state index in [2.05, 4.69) is 0 Å². The van der Waals surface area contributed by atoms with Crippen molar-refractivity contribution >= 4 is 5.97 Å². The fraction of sp³-hybridized carbons (Fsp3) is 0.889. The second-order valence-corrected chi connectivity index (χ2v) is 3.71. The molecule has 1 rings (SSSR count). The molecule has 1 aliphatic heterocycles. The molecule has 0 aromatic heterocycles. The quantitative estimate of drug-likeness (QED) is 0.643. The van der Waals surface area contributed by atoms with Crippen molar-refractivity contribution in [3.05, 3.63) is 0 Å². The first kappa shape index (κ1) is 11.4. The first-order valence-electron chi connectivity index (χ1n) is 4.86. The minimum atomic E-state index is -0.832. The highest BCUT2D eigenvalue weighted by molar-refractivity contribution is 5.73. The van der Waals surface area contributed by atoms with Crippen LogP contribution in [0.25, 0.3) is 0 Å². The SMILES string of the molecule is COCC(C(=O)O)N1CCCC(N)C1. The topological polar surface area (TPSA) is 75.8 Å². The normalized spacial score (nSPS) is 26.0. The second-order valence-electron chi connectivity index (χ2n) is 3.71. The van der Waals surface area contributed by atoms with Gasteiger partial charge in [0.05, 0.1) is 6.61 Å². The van der Waals surface area contributed by atoms with Crippen LogP contribution in [0.5, 0.6) is 0 Å². The van der Waals surface area contributed by atoms with E-state index in [1.54, 1.807) is 0 Å². The summed E-state index contributed by atoms with van der Waals surface area (Å²) < 4.78 is 4.89. The van der Waals surface area contributed by atoms with Gasteiger partial charge in [-0.05, 0) is 19.4 Å². The van der Waals surface area contributed by atoms with Gasteiger partial charge in [-0.15, -0.1) is 0 Å². The standard InChI is InChI=1S/C9H18N2O3/c1-14-6-8(9(12)13)11-4-2-3-7(10)5-11/h7-8H,2-6,10H2,1H3,(H,12,13). The summed E-state index contributed by atoms with van der Waals surface area (Å²) >= 11 is 0. The highest BCUT2D eigenvalue weighted by Gasteiger charge is 2.28. The summed E-state index contributed by atoms with van der Waals surface area (Å²) in [5, 5.41) is 8.98. The zero-order valence-electron chi connectivity index (χ0n) is 8.48. The van der Waals surface area contributed by atoms with Gasteiger partial charge in [0.25, 0.3) is 0 Å². The number of aliphatic carboxylic acids is 1. The number of carbonyl (C=O) groups is 1. The summed E-state index contributed by atoms with van der Waals surface area (Å²) in [6, 6.07) is -0.450. The van der Waals surface area contributed by atoms with Gasteiger partial charge in [-0.1, -0.05) is 0 Å². The molecule has 82 valence electrons. The van der Waals surface area contributed by atoms with Crippen molar-refractivity contribution in [2.75, 3.05) is 26.8 Å². The van der Waals surface area contributed by atoms with Crippen LogP contribution in [-0.4, -0.2) is 54.9 Å². The number of nitrogens with two attached hydrogens (primary N) is 1. The molecule has 1 saturated heterocycles. The molecule has 0 amide bonds. The predicted molar refractivity (Wildman–Crippen MR) is 52.1 cm³/mol. The van der Waals surface area contributed by atoms with Crippen LogP contribution in [0.2, 0.25) is 0 Å². The van der Waals surface area contributed by atoms with Gasteiger partial charge in [0, 0.05) is 19.7 Å². The minimum absolute atomic E-state index is 0.0995. The van der Waals surface area contributed by atoms with Crippen molar-refractivity contribution in [3.8, 4) is 0 Å². The van der Waals surface area contributed by atoms with Crippen molar-refractivity contribution < 1.29 is 14.6 Å². The molecule has 1 fully saturated rings. The van der Waals surface area contributed by atoms with Crippen LogP contribution in [0.3, 0.4) is 0 Å². The Balaban J connectivity index is 2.53. The van der Waals surface area contributed by atoms with Crippen molar-refractivity contribution in [2.24, 2.45) is 5.73 Å². The number of piperidine rings is 1. The lowest BCUT2D eigenvalue weighted by Gasteiger charge is -2.34. The molecule has 14 heavy (non-hydrogen) atoms. The number of rotatable bonds is 4. The lowest BCUT2D eigenvalue weighted by atomic mass is 10.0. The van der Waals surface area contributed by atoms with Crippen LogP contribution in [0, 0.1) is 0 Å². The number of methoxy groups -OCH3 is 1. The van der Waals surface area contributed by atoms with Crippen LogP contribution >= 0.6 is 0 Å². The first-order chi connectivity index (χ1) is 6.65. The summed E-state index contributed by atoms with van der Waals surface area (Å²) in [6.45, 7) is 1.68. The predicted octanol–water partition coefficient (Wildman–Crippen LogP) is -0.491. The third kappa shape index (κ3) is 2.94. The molecular formula is C9H18N2O3. The number of nitrogens with zero attached hydrogens (tertiary/aromatic N) is 1. The van der Waals surface area contributed by atoms with Crippen molar-refractivity contribution in [3.63, 3.8) is 0 Å². The maximum Gasteiger partial charge on any atom is 0.323 e. The van der Waals surface area contributed by atoms with Gasteiger partial charge in [-0.2, -0.15) is 0 Å². The molecule has 3 N–H and O–H groups in total. The smallest absolute Gasteiger partial charge is 0.323 e. The van der Waals surface area contributed by atoms with Crippen LogP contribution in [0.4, 0.5) is 0 Å². The highest BCUT2D eigenvalue weighted by Crippen LogP contribution is 2.12. The highest BCUT2D eigenvalue weighted by atomic mass is 16.5. The van der Waals surface area contributed by atoms with E-state index < -0.39 is 12.0 Å². The third-order valence-corrected chi connectivity index (χ3v) is 2.54. The second kappa shape index (κ2) is 5.29. The molecule has 0 saturated carbocycles. The first-order valence-corrected chi connectivity index (χ1v) is 4.86. The summed E-state index contributed by atoms with van der Waals surface area (Å²) in [5.74, 6) is -0.832. The molecule has 0 aliphatic carbocycles. The van der Waals surface area contributed by atoms with E-state index in [1.165, 1.54) is 7.11 Å². The van der Waals surface area contributed by atoms with Crippen molar-refractivity contribution in [1.82, 2.24) is 4.90 Å². The van der Waals surface area contributed by atoms with E-state index in [0.29, 0.717) is 6.54 Å². The summed E-state index contributed by atoms with van der Waals surface area (Å²) in [7, 11) is 1.51. The van der Waals surface area contributed by atoms with E-state index >= 15 is 0 Å². The molecule has 0 aromatic carbocycles. The molecule has 2 unspecified atom stereocenters. The molecule has 1 heterocycles. The Morgan fingerprint density at radius 2 is 2.50 bits per heavy atom. The molecule has 0 aromatic rings. The fourth-order valence-electron chi connectivity index (χ4n) is 1.81. The maximum atomic E-state index is 10.9. The number of likely N-dealkylation sites (tertiary alicyclic amines) is 1.